The summed E-state index contributed by atoms with van der Waals surface area (Å²) < 4.78 is 35.1. The fourth-order valence-electron chi connectivity index (χ4n) is 2.84. The Morgan fingerprint density at radius 1 is 1.17 bits per heavy atom. The van der Waals surface area contributed by atoms with Crippen molar-refractivity contribution >= 4 is 21.6 Å². The van der Waals surface area contributed by atoms with Crippen LogP contribution in [0, 0.1) is 6.92 Å². The number of nitrogens with zero attached hydrogens (tertiary/aromatic N) is 1. The average molecular weight is 332 g/mol. The van der Waals surface area contributed by atoms with Crippen LogP contribution < -0.4 is 13.8 Å². The standard InChI is InChI=1S/C17H20N2O3S/c1-13-9-10-17(22-2)15(12-13)18-23(20,21)19-11-5-7-14-6-3-4-8-16(14)19/h3-4,6,8-10,12,18H,5,7,11H2,1-2H3. The van der Waals surface area contributed by atoms with Crippen LogP contribution in [0.25, 0.3) is 0 Å². The second-order valence-electron chi connectivity index (χ2n) is 5.62. The Labute approximate surface area is 137 Å². The van der Waals surface area contributed by atoms with Crippen molar-refractivity contribution in [2.24, 2.45) is 0 Å². The number of hydrogen-bond donors (Lipinski definition) is 1. The average Bonchev–Trinajstić information content (AvgIpc) is 2.54. The number of rotatable bonds is 4. The van der Waals surface area contributed by atoms with E-state index in [1.54, 1.807) is 12.1 Å². The number of methoxy groups -OCH3 is 1. The maximum Gasteiger partial charge on any atom is 0.324 e. The molecule has 0 unspecified atom stereocenters. The van der Waals surface area contributed by atoms with Crippen LogP contribution >= 0.6 is 0 Å². The van der Waals surface area contributed by atoms with Crippen molar-refractivity contribution in [2.75, 3.05) is 22.7 Å². The molecule has 5 nitrogen and oxygen atoms in total. The van der Waals surface area contributed by atoms with Crippen LogP contribution in [0.4, 0.5) is 11.4 Å². The maximum atomic E-state index is 12.9. The highest BCUT2D eigenvalue weighted by Crippen LogP contribution is 2.32. The lowest BCUT2D eigenvalue weighted by atomic mass is 10.0. The van der Waals surface area contributed by atoms with Crippen LogP contribution in [0.2, 0.25) is 0 Å². The highest BCUT2D eigenvalue weighted by Gasteiger charge is 2.27. The van der Waals surface area contributed by atoms with Crippen molar-refractivity contribution in [1.82, 2.24) is 0 Å². The molecule has 3 rings (SSSR count). The van der Waals surface area contributed by atoms with E-state index in [1.807, 2.05) is 37.3 Å². The Bertz CT molecular complexity index is 818. The summed E-state index contributed by atoms with van der Waals surface area (Å²) in [6.45, 7) is 2.38. The zero-order valence-corrected chi connectivity index (χ0v) is 14.1. The number of fused-ring (bicyclic) bond motifs is 1. The lowest BCUT2D eigenvalue weighted by Gasteiger charge is -2.30. The van der Waals surface area contributed by atoms with Crippen molar-refractivity contribution < 1.29 is 13.2 Å². The molecule has 0 saturated carbocycles. The number of benzene rings is 2. The molecule has 2 aromatic carbocycles. The van der Waals surface area contributed by atoms with Gasteiger partial charge >= 0.3 is 10.2 Å². The molecule has 0 bridgehead atoms. The Hall–Kier alpha value is -2.21. The molecular weight excluding hydrogens is 312 g/mol. The van der Waals surface area contributed by atoms with E-state index in [9.17, 15) is 8.42 Å². The molecule has 0 atom stereocenters. The van der Waals surface area contributed by atoms with Crippen molar-refractivity contribution in [1.29, 1.82) is 0 Å². The van der Waals surface area contributed by atoms with Crippen molar-refractivity contribution in [2.45, 2.75) is 19.8 Å². The van der Waals surface area contributed by atoms with E-state index in [-0.39, 0.29) is 0 Å². The van der Waals surface area contributed by atoms with Gasteiger partial charge in [-0.1, -0.05) is 24.3 Å². The number of ether oxygens (including phenoxy) is 1. The zero-order chi connectivity index (χ0) is 16.4. The Balaban J connectivity index is 1.96. The molecule has 122 valence electrons. The summed E-state index contributed by atoms with van der Waals surface area (Å²) in [5.41, 5.74) is 3.22. The number of hydrogen-bond acceptors (Lipinski definition) is 3. The molecule has 0 amide bonds. The monoisotopic (exact) mass is 332 g/mol. The molecule has 0 aliphatic carbocycles. The molecule has 0 radical (unpaired) electrons. The third kappa shape index (κ3) is 3.12. The Morgan fingerprint density at radius 3 is 2.74 bits per heavy atom. The second-order valence-corrected chi connectivity index (χ2v) is 7.21. The van der Waals surface area contributed by atoms with Gasteiger partial charge in [-0.05, 0) is 49.1 Å². The third-order valence-corrected chi connectivity index (χ3v) is 5.39. The van der Waals surface area contributed by atoms with Crippen LogP contribution in [-0.2, 0) is 16.6 Å². The van der Waals surface area contributed by atoms with Crippen molar-refractivity contribution in [3.8, 4) is 5.75 Å². The molecular formula is C17H20N2O3S. The predicted octanol–water partition coefficient (Wildman–Crippen LogP) is 3.11. The molecule has 23 heavy (non-hydrogen) atoms. The van der Waals surface area contributed by atoms with Crippen LogP contribution in [0.5, 0.6) is 5.75 Å². The first-order chi connectivity index (χ1) is 11.0. The molecule has 0 spiro atoms. The van der Waals surface area contributed by atoms with E-state index in [4.69, 9.17) is 4.74 Å². The topological polar surface area (TPSA) is 58.6 Å². The SMILES string of the molecule is COc1ccc(C)cc1NS(=O)(=O)N1CCCc2ccccc21. The number of anilines is 2. The minimum atomic E-state index is -3.70. The van der Waals surface area contributed by atoms with Gasteiger partial charge in [-0.2, -0.15) is 8.42 Å². The van der Waals surface area contributed by atoms with Crippen LogP contribution in [0.1, 0.15) is 17.5 Å². The quantitative estimate of drug-likeness (QED) is 0.936. The van der Waals surface area contributed by atoms with Gasteiger partial charge < -0.3 is 4.74 Å². The summed E-state index contributed by atoms with van der Waals surface area (Å²) in [5.74, 6) is 0.504. The lowest BCUT2D eigenvalue weighted by Crippen LogP contribution is -2.39. The van der Waals surface area contributed by atoms with Gasteiger partial charge in [0.25, 0.3) is 0 Å². The molecule has 1 aliphatic heterocycles. The zero-order valence-electron chi connectivity index (χ0n) is 13.2. The summed E-state index contributed by atoms with van der Waals surface area (Å²) in [6.07, 6.45) is 1.71. The Kier molecular flexibility index (Phi) is 4.17. The van der Waals surface area contributed by atoms with Gasteiger partial charge in [-0.3, -0.25) is 9.03 Å². The van der Waals surface area contributed by atoms with Gasteiger partial charge in [0.2, 0.25) is 0 Å². The van der Waals surface area contributed by atoms with Gasteiger partial charge in [-0.15, -0.1) is 0 Å². The molecule has 0 saturated heterocycles. The summed E-state index contributed by atoms with van der Waals surface area (Å²) in [5, 5.41) is 0. The summed E-state index contributed by atoms with van der Waals surface area (Å²) >= 11 is 0. The normalized spacial score (nSPS) is 14.3. The van der Waals surface area contributed by atoms with Gasteiger partial charge in [-0.25, -0.2) is 0 Å². The van der Waals surface area contributed by atoms with Crippen LogP contribution in [-0.4, -0.2) is 22.1 Å². The van der Waals surface area contributed by atoms with Crippen molar-refractivity contribution in [3.63, 3.8) is 0 Å². The molecule has 0 aromatic heterocycles. The van der Waals surface area contributed by atoms with E-state index in [2.05, 4.69) is 4.72 Å². The molecule has 2 aromatic rings. The van der Waals surface area contributed by atoms with E-state index >= 15 is 0 Å². The van der Waals surface area contributed by atoms with Gasteiger partial charge in [0.15, 0.2) is 0 Å². The van der Waals surface area contributed by atoms with Crippen LogP contribution in [0.3, 0.4) is 0 Å². The number of nitrogens with one attached hydrogen (secondary N) is 1. The fraction of sp³-hybridized carbons (Fsp3) is 0.294. The smallest absolute Gasteiger partial charge is 0.324 e. The maximum absolute atomic E-state index is 12.9. The summed E-state index contributed by atoms with van der Waals surface area (Å²) in [4.78, 5) is 0. The van der Waals surface area contributed by atoms with Crippen LogP contribution in [0.15, 0.2) is 42.5 Å². The first kappa shape index (κ1) is 15.7. The van der Waals surface area contributed by atoms with E-state index in [1.165, 1.54) is 11.4 Å². The molecule has 0 fully saturated rings. The number of aryl methyl sites for hydroxylation is 2. The third-order valence-electron chi connectivity index (χ3n) is 3.95. The summed E-state index contributed by atoms with van der Waals surface area (Å²) in [6, 6.07) is 13.0. The molecule has 1 heterocycles. The second kappa shape index (κ2) is 6.12. The number of para-hydroxylation sites is 1. The molecule has 6 heteroatoms. The highest BCUT2D eigenvalue weighted by molar-refractivity contribution is 7.94. The lowest BCUT2D eigenvalue weighted by molar-refractivity contribution is 0.417. The van der Waals surface area contributed by atoms with E-state index in [0.29, 0.717) is 18.0 Å². The minimum absolute atomic E-state index is 0.454. The highest BCUT2D eigenvalue weighted by atomic mass is 32.2. The molecule has 1 aliphatic rings. The van der Waals surface area contributed by atoms with Gasteiger partial charge in [0, 0.05) is 6.54 Å². The first-order valence-corrected chi connectivity index (χ1v) is 8.98. The molecule has 1 N–H and O–H groups in total. The predicted molar refractivity (Wildman–Crippen MR) is 92.4 cm³/mol. The van der Waals surface area contributed by atoms with Gasteiger partial charge in [0.1, 0.15) is 5.75 Å². The van der Waals surface area contributed by atoms with Crippen molar-refractivity contribution in [3.05, 3.63) is 53.6 Å². The fourth-order valence-corrected chi connectivity index (χ4v) is 4.20. The van der Waals surface area contributed by atoms with E-state index < -0.39 is 10.2 Å². The largest absolute Gasteiger partial charge is 0.495 e. The Morgan fingerprint density at radius 2 is 1.96 bits per heavy atom. The first-order valence-electron chi connectivity index (χ1n) is 7.54. The van der Waals surface area contributed by atoms with E-state index in [0.717, 1.165) is 29.7 Å². The minimum Gasteiger partial charge on any atom is -0.495 e. The van der Waals surface area contributed by atoms with Gasteiger partial charge in [0.05, 0.1) is 18.5 Å². The summed E-state index contributed by atoms with van der Waals surface area (Å²) in [7, 11) is -2.17.